The number of ketones is 1. The highest BCUT2D eigenvalue weighted by molar-refractivity contribution is 6.01. The van der Waals surface area contributed by atoms with Gasteiger partial charge in [-0.3, -0.25) is 4.79 Å². The highest BCUT2D eigenvalue weighted by atomic mass is 16.1. The van der Waals surface area contributed by atoms with Crippen molar-refractivity contribution in [2.75, 3.05) is 18.8 Å². The molecule has 1 fully saturated rings. The molecule has 0 aromatic carbocycles. The summed E-state index contributed by atoms with van der Waals surface area (Å²) in [6, 6.07) is 3.49. The summed E-state index contributed by atoms with van der Waals surface area (Å²) >= 11 is 0. The number of hydrogen-bond donors (Lipinski definition) is 2. The van der Waals surface area contributed by atoms with E-state index in [1.807, 2.05) is 0 Å². The van der Waals surface area contributed by atoms with Gasteiger partial charge in [-0.05, 0) is 24.6 Å². The third kappa shape index (κ3) is 1.85. The molecule has 2 rings (SSSR count). The van der Waals surface area contributed by atoms with Gasteiger partial charge in [-0.15, -0.1) is 0 Å². The molecule has 0 saturated carbocycles. The smallest absolute Gasteiger partial charge is 0.171 e. The van der Waals surface area contributed by atoms with Crippen molar-refractivity contribution in [1.29, 1.82) is 0 Å². The minimum absolute atomic E-state index is 0.0384. The molecular weight excluding hydrogens is 190 g/mol. The average molecular weight is 205 g/mol. The fraction of sp³-hybridized carbons (Fsp3) is 0.455. The van der Waals surface area contributed by atoms with Crippen LogP contribution in [0, 0.1) is 11.8 Å². The zero-order chi connectivity index (χ0) is 10.8. The molecule has 80 valence electrons. The molecule has 2 heterocycles. The van der Waals surface area contributed by atoms with Gasteiger partial charge in [0.15, 0.2) is 5.78 Å². The molecular formula is C11H15N3O. The van der Waals surface area contributed by atoms with Crippen molar-refractivity contribution in [1.82, 2.24) is 10.3 Å². The second-order valence-corrected chi connectivity index (χ2v) is 4.04. The number of pyridine rings is 1. The molecule has 0 spiro atoms. The quantitative estimate of drug-likeness (QED) is 0.697. The van der Waals surface area contributed by atoms with Gasteiger partial charge < -0.3 is 11.1 Å². The predicted octanol–water partition coefficient (Wildman–Crippen LogP) is 0.702. The van der Waals surface area contributed by atoms with Crippen LogP contribution >= 0.6 is 0 Å². The van der Waals surface area contributed by atoms with E-state index >= 15 is 0 Å². The van der Waals surface area contributed by atoms with Crippen LogP contribution < -0.4 is 11.1 Å². The Balaban J connectivity index is 2.24. The van der Waals surface area contributed by atoms with E-state index in [4.69, 9.17) is 5.73 Å². The summed E-state index contributed by atoms with van der Waals surface area (Å²) in [7, 11) is 0. The van der Waals surface area contributed by atoms with Gasteiger partial charge in [0.1, 0.15) is 5.82 Å². The molecule has 4 nitrogen and oxygen atoms in total. The predicted molar refractivity (Wildman–Crippen MR) is 58.5 cm³/mol. The molecule has 1 aliphatic rings. The van der Waals surface area contributed by atoms with Crippen molar-refractivity contribution in [3.8, 4) is 0 Å². The first-order valence-electron chi connectivity index (χ1n) is 5.15. The second-order valence-electron chi connectivity index (χ2n) is 4.04. The molecule has 0 radical (unpaired) electrons. The molecule has 0 bridgehead atoms. The van der Waals surface area contributed by atoms with Crippen LogP contribution in [0.4, 0.5) is 5.82 Å². The minimum Gasteiger partial charge on any atom is -0.383 e. The number of nitrogens with one attached hydrogen (secondary N) is 1. The molecule has 15 heavy (non-hydrogen) atoms. The summed E-state index contributed by atoms with van der Waals surface area (Å²) in [5.41, 5.74) is 6.24. The lowest BCUT2D eigenvalue weighted by atomic mass is 9.90. The summed E-state index contributed by atoms with van der Waals surface area (Å²) in [6.45, 7) is 3.72. The first-order chi connectivity index (χ1) is 7.20. The van der Waals surface area contributed by atoms with E-state index in [-0.39, 0.29) is 11.7 Å². The van der Waals surface area contributed by atoms with Crippen LogP contribution in [0.2, 0.25) is 0 Å². The summed E-state index contributed by atoms with van der Waals surface area (Å²) in [4.78, 5) is 16.1. The van der Waals surface area contributed by atoms with E-state index in [2.05, 4.69) is 17.2 Å². The van der Waals surface area contributed by atoms with Gasteiger partial charge in [0, 0.05) is 18.7 Å². The first-order valence-corrected chi connectivity index (χ1v) is 5.15. The maximum atomic E-state index is 12.1. The Bertz CT molecular complexity index is 378. The highest BCUT2D eigenvalue weighted by Crippen LogP contribution is 2.22. The summed E-state index contributed by atoms with van der Waals surface area (Å²) in [6.07, 6.45) is 1.60. The fourth-order valence-electron chi connectivity index (χ4n) is 1.99. The Hall–Kier alpha value is -1.42. The van der Waals surface area contributed by atoms with E-state index < -0.39 is 0 Å². The van der Waals surface area contributed by atoms with Gasteiger partial charge in [-0.2, -0.15) is 0 Å². The molecule has 0 amide bonds. The Morgan fingerprint density at radius 1 is 1.60 bits per heavy atom. The number of carbonyl (C=O) groups is 1. The van der Waals surface area contributed by atoms with Crippen molar-refractivity contribution in [3.63, 3.8) is 0 Å². The van der Waals surface area contributed by atoms with Crippen LogP contribution in [0.3, 0.4) is 0 Å². The van der Waals surface area contributed by atoms with Crippen molar-refractivity contribution < 1.29 is 4.79 Å². The van der Waals surface area contributed by atoms with E-state index in [1.165, 1.54) is 0 Å². The number of carbonyl (C=O) groups excluding carboxylic acids is 1. The summed E-state index contributed by atoms with van der Waals surface area (Å²) in [5, 5.41) is 3.21. The maximum Gasteiger partial charge on any atom is 0.171 e. The number of aromatic nitrogens is 1. The van der Waals surface area contributed by atoms with Gasteiger partial charge in [0.2, 0.25) is 0 Å². The zero-order valence-electron chi connectivity index (χ0n) is 8.73. The monoisotopic (exact) mass is 205 g/mol. The largest absolute Gasteiger partial charge is 0.383 e. The number of rotatable bonds is 2. The second kappa shape index (κ2) is 3.98. The molecule has 2 atom stereocenters. The number of nitrogens with zero attached hydrogens (tertiary/aromatic N) is 1. The fourth-order valence-corrected chi connectivity index (χ4v) is 1.99. The molecule has 1 saturated heterocycles. The third-order valence-electron chi connectivity index (χ3n) is 2.96. The first kappa shape index (κ1) is 10.1. The lowest BCUT2D eigenvalue weighted by Crippen LogP contribution is -2.22. The SMILES string of the molecule is CC1CNCC1C(=O)c1cccnc1N. The van der Waals surface area contributed by atoms with Gasteiger partial charge >= 0.3 is 0 Å². The van der Waals surface area contributed by atoms with Crippen LogP contribution in [0.5, 0.6) is 0 Å². The number of nitrogens with two attached hydrogens (primary N) is 1. The van der Waals surface area contributed by atoms with Gasteiger partial charge in [0.25, 0.3) is 0 Å². The number of nitrogen functional groups attached to an aromatic ring is 1. The molecule has 3 N–H and O–H groups in total. The van der Waals surface area contributed by atoms with Crippen LogP contribution in [0.1, 0.15) is 17.3 Å². The molecule has 1 aliphatic heterocycles. The Kier molecular flexibility index (Phi) is 2.68. The normalized spacial score (nSPS) is 25.4. The topological polar surface area (TPSA) is 68.0 Å². The van der Waals surface area contributed by atoms with Crippen molar-refractivity contribution in [3.05, 3.63) is 23.9 Å². The van der Waals surface area contributed by atoms with Gasteiger partial charge in [-0.25, -0.2) is 4.98 Å². The van der Waals surface area contributed by atoms with E-state index in [9.17, 15) is 4.79 Å². The number of anilines is 1. The number of Topliss-reactive ketones (excluding diaryl/α,β-unsaturated/α-hetero) is 1. The van der Waals surface area contributed by atoms with E-state index in [1.54, 1.807) is 18.3 Å². The Morgan fingerprint density at radius 2 is 2.40 bits per heavy atom. The summed E-state index contributed by atoms with van der Waals surface area (Å²) in [5.74, 6) is 0.855. The average Bonchev–Trinajstić information content (AvgIpc) is 2.64. The minimum atomic E-state index is 0.0384. The maximum absolute atomic E-state index is 12.1. The third-order valence-corrected chi connectivity index (χ3v) is 2.96. The molecule has 4 heteroatoms. The zero-order valence-corrected chi connectivity index (χ0v) is 8.73. The molecule has 1 aromatic heterocycles. The van der Waals surface area contributed by atoms with Gasteiger partial charge in [-0.1, -0.05) is 6.92 Å². The van der Waals surface area contributed by atoms with Crippen LogP contribution in [0.15, 0.2) is 18.3 Å². The molecule has 0 aliphatic carbocycles. The highest BCUT2D eigenvalue weighted by Gasteiger charge is 2.31. The molecule has 2 unspecified atom stereocenters. The van der Waals surface area contributed by atoms with Gasteiger partial charge in [0.05, 0.1) is 5.56 Å². The van der Waals surface area contributed by atoms with E-state index in [0.717, 1.165) is 13.1 Å². The standard InChI is InChI=1S/C11H15N3O/c1-7-5-13-6-9(7)10(15)8-3-2-4-14-11(8)12/h2-4,7,9,13H,5-6H2,1H3,(H2,12,14). The molecule has 1 aromatic rings. The van der Waals surface area contributed by atoms with Crippen LogP contribution in [0.25, 0.3) is 0 Å². The van der Waals surface area contributed by atoms with Crippen LogP contribution in [-0.4, -0.2) is 23.9 Å². The van der Waals surface area contributed by atoms with E-state index in [0.29, 0.717) is 17.3 Å². The van der Waals surface area contributed by atoms with Crippen LogP contribution in [-0.2, 0) is 0 Å². The lowest BCUT2D eigenvalue weighted by Gasteiger charge is -2.13. The summed E-state index contributed by atoms with van der Waals surface area (Å²) < 4.78 is 0. The Labute approximate surface area is 88.9 Å². The van der Waals surface area contributed by atoms with Crippen molar-refractivity contribution >= 4 is 11.6 Å². The lowest BCUT2D eigenvalue weighted by molar-refractivity contribution is 0.0908. The van der Waals surface area contributed by atoms with Crippen molar-refractivity contribution in [2.24, 2.45) is 11.8 Å². The Morgan fingerprint density at radius 3 is 3.00 bits per heavy atom. The van der Waals surface area contributed by atoms with Crippen molar-refractivity contribution in [2.45, 2.75) is 6.92 Å². The number of hydrogen-bond acceptors (Lipinski definition) is 4.